The number of rotatable bonds is 6. The SMILES string of the molecule is C/C(=N/N=C1\NC(=O)[C@H](CC(=O)Nc2ccc(C(=O)O)cc2)S1)c1ccccc1. The molecule has 0 saturated carbocycles. The fourth-order valence-electron chi connectivity index (χ4n) is 2.52. The lowest BCUT2D eigenvalue weighted by molar-refractivity contribution is -0.122. The van der Waals surface area contributed by atoms with Crippen LogP contribution in [0.3, 0.4) is 0 Å². The van der Waals surface area contributed by atoms with E-state index >= 15 is 0 Å². The van der Waals surface area contributed by atoms with Crippen molar-refractivity contribution in [3.8, 4) is 0 Å². The van der Waals surface area contributed by atoms with E-state index in [1.165, 1.54) is 24.3 Å². The molecule has 0 aromatic heterocycles. The van der Waals surface area contributed by atoms with Crippen LogP contribution in [-0.2, 0) is 9.59 Å². The van der Waals surface area contributed by atoms with Crippen LogP contribution in [0.4, 0.5) is 5.69 Å². The second kappa shape index (κ2) is 9.16. The molecule has 148 valence electrons. The zero-order valence-corrected chi connectivity index (χ0v) is 16.3. The highest BCUT2D eigenvalue weighted by atomic mass is 32.2. The Hall–Kier alpha value is -3.46. The zero-order chi connectivity index (χ0) is 20.8. The lowest BCUT2D eigenvalue weighted by Crippen LogP contribution is -2.28. The molecule has 3 rings (SSSR count). The Bertz CT molecular complexity index is 987. The molecule has 29 heavy (non-hydrogen) atoms. The van der Waals surface area contributed by atoms with Crippen LogP contribution in [0.25, 0.3) is 0 Å². The molecule has 2 aromatic carbocycles. The smallest absolute Gasteiger partial charge is 0.335 e. The molecule has 3 N–H and O–H groups in total. The molecule has 2 amide bonds. The van der Waals surface area contributed by atoms with E-state index < -0.39 is 11.2 Å². The predicted molar refractivity (Wildman–Crippen MR) is 112 cm³/mol. The third-order valence-electron chi connectivity index (χ3n) is 4.05. The summed E-state index contributed by atoms with van der Waals surface area (Å²) in [5.41, 5.74) is 2.22. The van der Waals surface area contributed by atoms with Gasteiger partial charge in [0.05, 0.1) is 11.3 Å². The van der Waals surface area contributed by atoms with Crippen LogP contribution in [0, 0.1) is 0 Å². The van der Waals surface area contributed by atoms with Gasteiger partial charge in [0.2, 0.25) is 11.8 Å². The van der Waals surface area contributed by atoms with Crippen molar-refractivity contribution in [1.82, 2.24) is 5.32 Å². The van der Waals surface area contributed by atoms with Crippen molar-refractivity contribution < 1.29 is 19.5 Å². The first-order valence-electron chi connectivity index (χ1n) is 8.71. The van der Waals surface area contributed by atoms with Gasteiger partial charge < -0.3 is 15.7 Å². The highest BCUT2D eigenvalue weighted by Gasteiger charge is 2.32. The summed E-state index contributed by atoms with van der Waals surface area (Å²) in [6.07, 6.45) is -0.0441. The molecule has 0 unspecified atom stereocenters. The Morgan fingerprint density at radius 3 is 2.45 bits per heavy atom. The van der Waals surface area contributed by atoms with E-state index in [-0.39, 0.29) is 23.8 Å². The summed E-state index contributed by atoms with van der Waals surface area (Å²) in [5.74, 6) is -1.71. The maximum atomic E-state index is 12.2. The van der Waals surface area contributed by atoms with Gasteiger partial charge in [-0.15, -0.1) is 5.10 Å². The molecule has 1 heterocycles. The van der Waals surface area contributed by atoms with Gasteiger partial charge in [-0.3, -0.25) is 9.59 Å². The molecule has 0 aliphatic carbocycles. The number of hydrogen-bond acceptors (Lipinski definition) is 6. The highest BCUT2D eigenvalue weighted by molar-refractivity contribution is 8.15. The van der Waals surface area contributed by atoms with Crippen molar-refractivity contribution in [1.29, 1.82) is 0 Å². The number of carbonyl (C=O) groups excluding carboxylic acids is 2. The van der Waals surface area contributed by atoms with Crippen LogP contribution < -0.4 is 10.6 Å². The maximum Gasteiger partial charge on any atom is 0.335 e. The summed E-state index contributed by atoms with van der Waals surface area (Å²) in [4.78, 5) is 35.2. The van der Waals surface area contributed by atoms with E-state index in [0.29, 0.717) is 16.6 Å². The van der Waals surface area contributed by atoms with E-state index in [9.17, 15) is 14.4 Å². The van der Waals surface area contributed by atoms with Crippen LogP contribution in [0.1, 0.15) is 29.3 Å². The maximum absolute atomic E-state index is 12.2. The Morgan fingerprint density at radius 2 is 1.79 bits per heavy atom. The van der Waals surface area contributed by atoms with Gasteiger partial charge in [0, 0.05) is 12.1 Å². The molecule has 0 bridgehead atoms. The number of carboxylic acids is 1. The van der Waals surface area contributed by atoms with Gasteiger partial charge in [0.1, 0.15) is 5.25 Å². The quantitative estimate of drug-likeness (QED) is 0.500. The van der Waals surface area contributed by atoms with Gasteiger partial charge in [-0.05, 0) is 36.8 Å². The van der Waals surface area contributed by atoms with Gasteiger partial charge in [-0.25, -0.2) is 4.79 Å². The Balaban J connectivity index is 1.57. The molecule has 0 radical (unpaired) electrons. The lowest BCUT2D eigenvalue weighted by Gasteiger charge is -2.07. The molecule has 1 aliphatic rings. The minimum absolute atomic E-state index is 0.0441. The van der Waals surface area contributed by atoms with Crippen LogP contribution in [0.15, 0.2) is 64.8 Å². The van der Waals surface area contributed by atoms with E-state index in [1.54, 1.807) is 0 Å². The van der Waals surface area contributed by atoms with Gasteiger partial charge in [0.15, 0.2) is 5.17 Å². The highest BCUT2D eigenvalue weighted by Crippen LogP contribution is 2.23. The molecule has 2 aromatic rings. The van der Waals surface area contributed by atoms with Gasteiger partial charge in [0.25, 0.3) is 0 Å². The second-order valence-electron chi connectivity index (χ2n) is 6.19. The lowest BCUT2D eigenvalue weighted by atomic mass is 10.1. The number of carboxylic acid groups (broad SMARTS) is 1. The number of amidine groups is 1. The van der Waals surface area contributed by atoms with Crippen molar-refractivity contribution >= 4 is 46.1 Å². The number of hydrogen-bond donors (Lipinski definition) is 3. The molecule has 1 aliphatic heterocycles. The molecule has 1 fully saturated rings. The fraction of sp³-hybridized carbons (Fsp3) is 0.150. The molecule has 1 atom stereocenters. The molecular weight excluding hydrogens is 392 g/mol. The molecule has 8 nitrogen and oxygen atoms in total. The van der Waals surface area contributed by atoms with Crippen molar-refractivity contribution in [3.05, 3.63) is 65.7 Å². The second-order valence-corrected chi connectivity index (χ2v) is 7.38. The predicted octanol–water partition coefficient (Wildman–Crippen LogP) is 2.73. The number of nitrogens with one attached hydrogen (secondary N) is 2. The van der Waals surface area contributed by atoms with Crippen molar-refractivity contribution in [3.63, 3.8) is 0 Å². The average Bonchev–Trinajstić information content (AvgIpc) is 3.06. The number of amides is 2. The van der Waals surface area contributed by atoms with Gasteiger partial charge in [-0.2, -0.15) is 5.10 Å². The standard InChI is InChI=1S/C20H18N4O4S/c1-12(13-5-3-2-4-6-13)23-24-20-22-18(26)16(29-20)11-17(25)21-15-9-7-14(8-10-15)19(27)28/h2-10,16H,11H2,1H3,(H,21,25)(H,27,28)(H,22,24,26)/b23-12-/t16-/m0/s1. The number of thioether (sulfide) groups is 1. The summed E-state index contributed by atoms with van der Waals surface area (Å²) in [5, 5.41) is 22.1. The van der Waals surface area contributed by atoms with Crippen LogP contribution in [0.5, 0.6) is 0 Å². The summed E-state index contributed by atoms with van der Waals surface area (Å²) >= 11 is 1.14. The monoisotopic (exact) mass is 410 g/mol. The van der Waals surface area contributed by atoms with E-state index in [0.717, 1.165) is 17.3 Å². The first kappa shape index (κ1) is 20.3. The first-order valence-corrected chi connectivity index (χ1v) is 9.59. The summed E-state index contributed by atoms with van der Waals surface area (Å²) in [7, 11) is 0. The minimum atomic E-state index is -1.04. The third kappa shape index (κ3) is 5.52. The summed E-state index contributed by atoms with van der Waals surface area (Å²) in [6, 6.07) is 15.3. The normalized spacial score (nSPS) is 17.8. The largest absolute Gasteiger partial charge is 0.478 e. The Morgan fingerprint density at radius 1 is 1.10 bits per heavy atom. The fourth-order valence-corrected chi connectivity index (χ4v) is 3.44. The topological polar surface area (TPSA) is 120 Å². The Kier molecular flexibility index (Phi) is 6.40. The molecule has 1 saturated heterocycles. The van der Waals surface area contributed by atoms with Crippen molar-refractivity contribution in [2.45, 2.75) is 18.6 Å². The number of benzene rings is 2. The van der Waals surface area contributed by atoms with E-state index in [1.807, 2.05) is 37.3 Å². The van der Waals surface area contributed by atoms with E-state index in [2.05, 4.69) is 20.8 Å². The van der Waals surface area contributed by atoms with Gasteiger partial charge in [-0.1, -0.05) is 42.1 Å². The van der Waals surface area contributed by atoms with Crippen LogP contribution in [-0.4, -0.2) is 39.0 Å². The third-order valence-corrected chi connectivity index (χ3v) is 5.12. The molecule has 0 spiro atoms. The zero-order valence-electron chi connectivity index (χ0n) is 15.5. The summed E-state index contributed by atoms with van der Waals surface area (Å²) < 4.78 is 0. The molecule has 9 heteroatoms. The van der Waals surface area contributed by atoms with E-state index in [4.69, 9.17) is 5.11 Å². The van der Waals surface area contributed by atoms with Crippen LogP contribution in [0.2, 0.25) is 0 Å². The van der Waals surface area contributed by atoms with Crippen molar-refractivity contribution in [2.75, 3.05) is 5.32 Å². The Labute approximate surface area is 171 Å². The first-order chi connectivity index (χ1) is 13.9. The number of anilines is 1. The summed E-state index contributed by atoms with van der Waals surface area (Å²) in [6.45, 7) is 1.82. The van der Waals surface area contributed by atoms with Gasteiger partial charge >= 0.3 is 5.97 Å². The number of aromatic carboxylic acids is 1. The number of carbonyl (C=O) groups is 3. The van der Waals surface area contributed by atoms with Crippen LogP contribution >= 0.6 is 11.8 Å². The average molecular weight is 410 g/mol. The minimum Gasteiger partial charge on any atom is -0.478 e. The number of nitrogens with zero attached hydrogens (tertiary/aromatic N) is 2. The van der Waals surface area contributed by atoms with Crippen molar-refractivity contribution in [2.24, 2.45) is 10.2 Å². The molecular formula is C20H18N4O4S.